The Kier molecular flexibility index (Phi) is 5.65. The number of hydrogen-bond acceptors (Lipinski definition) is 5. The molecule has 2 aromatic rings. The van der Waals surface area contributed by atoms with E-state index in [1.807, 2.05) is 25.1 Å². The molecule has 0 saturated carbocycles. The number of fused-ring (bicyclic) bond motifs is 1. The summed E-state index contributed by atoms with van der Waals surface area (Å²) in [6.45, 7) is 2.43. The number of rotatable bonds is 6. The standard InChI is InChI=1S/C20H22ClNO5/c1-5-27-15-7-6-11(8-13(15)21)12-9-17(23)22-14-10-16(24-2)19(25-3)20(26-4)18(12)14/h6-8,10,12H,5,9H2,1-4H3,(H,22,23)/t12-/m1/s1. The van der Waals surface area contributed by atoms with Crippen LogP contribution in [0.25, 0.3) is 0 Å². The van der Waals surface area contributed by atoms with Crippen molar-refractivity contribution in [3.8, 4) is 23.0 Å². The molecule has 1 amide bonds. The van der Waals surface area contributed by atoms with Crippen molar-refractivity contribution in [3.63, 3.8) is 0 Å². The first-order valence-electron chi connectivity index (χ1n) is 8.58. The first-order valence-corrected chi connectivity index (χ1v) is 8.96. The number of methoxy groups -OCH3 is 3. The fourth-order valence-corrected chi connectivity index (χ4v) is 3.65. The summed E-state index contributed by atoms with van der Waals surface area (Å²) in [5.74, 6) is 1.78. The van der Waals surface area contributed by atoms with Gasteiger partial charge in [0, 0.05) is 24.0 Å². The number of nitrogens with one attached hydrogen (secondary N) is 1. The number of amides is 1. The van der Waals surface area contributed by atoms with Gasteiger partial charge in [0.1, 0.15) is 5.75 Å². The molecule has 3 rings (SSSR count). The van der Waals surface area contributed by atoms with Crippen molar-refractivity contribution in [1.82, 2.24) is 0 Å². The van der Waals surface area contributed by atoms with E-state index in [1.165, 1.54) is 7.11 Å². The summed E-state index contributed by atoms with van der Waals surface area (Å²) < 4.78 is 22.0. The van der Waals surface area contributed by atoms with Crippen LogP contribution >= 0.6 is 11.6 Å². The third-order valence-corrected chi connectivity index (χ3v) is 4.83. The lowest BCUT2D eigenvalue weighted by Crippen LogP contribution is -2.24. The average Bonchev–Trinajstić information content (AvgIpc) is 2.67. The van der Waals surface area contributed by atoms with Crippen molar-refractivity contribution < 1.29 is 23.7 Å². The highest BCUT2D eigenvalue weighted by Crippen LogP contribution is 2.51. The third kappa shape index (κ3) is 3.49. The molecule has 0 fully saturated rings. The van der Waals surface area contributed by atoms with Gasteiger partial charge in [-0.3, -0.25) is 4.79 Å². The van der Waals surface area contributed by atoms with E-state index in [4.69, 9.17) is 30.5 Å². The minimum absolute atomic E-state index is 0.0909. The van der Waals surface area contributed by atoms with E-state index in [9.17, 15) is 4.79 Å². The molecule has 1 aliphatic rings. The normalized spacial score (nSPS) is 15.6. The van der Waals surface area contributed by atoms with Gasteiger partial charge in [0.15, 0.2) is 11.5 Å². The maximum atomic E-state index is 12.3. The second-order valence-corrected chi connectivity index (χ2v) is 6.44. The van der Waals surface area contributed by atoms with Gasteiger partial charge in [-0.25, -0.2) is 0 Å². The number of anilines is 1. The summed E-state index contributed by atoms with van der Waals surface area (Å²) in [6.07, 6.45) is 0.267. The molecule has 0 radical (unpaired) electrons. The highest BCUT2D eigenvalue weighted by molar-refractivity contribution is 6.32. The second-order valence-electron chi connectivity index (χ2n) is 6.03. The molecule has 2 aromatic carbocycles. The van der Waals surface area contributed by atoms with Crippen molar-refractivity contribution in [1.29, 1.82) is 0 Å². The molecule has 27 heavy (non-hydrogen) atoms. The summed E-state index contributed by atoms with van der Waals surface area (Å²) >= 11 is 6.37. The third-order valence-electron chi connectivity index (χ3n) is 4.54. The molecule has 1 N–H and O–H groups in total. The number of hydrogen-bond donors (Lipinski definition) is 1. The maximum Gasteiger partial charge on any atom is 0.225 e. The van der Waals surface area contributed by atoms with Crippen LogP contribution in [-0.4, -0.2) is 33.8 Å². The quantitative estimate of drug-likeness (QED) is 0.797. The first-order chi connectivity index (χ1) is 13.0. The topological polar surface area (TPSA) is 66.0 Å². The SMILES string of the molecule is CCOc1ccc([C@H]2CC(=O)Nc3cc(OC)c(OC)c(OC)c32)cc1Cl. The summed E-state index contributed by atoms with van der Waals surface area (Å²) in [4.78, 5) is 12.3. The Morgan fingerprint density at radius 3 is 2.41 bits per heavy atom. The van der Waals surface area contributed by atoms with Crippen LogP contribution in [0.15, 0.2) is 24.3 Å². The molecule has 0 aromatic heterocycles. The van der Waals surface area contributed by atoms with E-state index in [0.29, 0.717) is 40.3 Å². The Labute approximate surface area is 163 Å². The second kappa shape index (κ2) is 7.96. The molecule has 0 aliphatic carbocycles. The predicted molar refractivity (Wildman–Crippen MR) is 104 cm³/mol. The molecular weight excluding hydrogens is 370 g/mol. The predicted octanol–water partition coefficient (Wildman–Crippen LogP) is 4.24. The van der Waals surface area contributed by atoms with Crippen LogP contribution in [0.1, 0.15) is 30.4 Å². The van der Waals surface area contributed by atoms with E-state index in [0.717, 1.165) is 11.1 Å². The van der Waals surface area contributed by atoms with E-state index >= 15 is 0 Å². The highest BCUT2D eigenvalue weighted by atomic mass is 35.5. The van der Waals surface area contributed by atoms with Gasteiger partial charge in [-0.2, -0.15) is 0 Å². The fraction of sp³-hybridized carbons (Fsp3) is 0.350. The van der Waals surface area contributed by atoms with Crippen molar-refractivity contribution in [2.75, 3.05) is 33.3 Å². The zero-order chi connectivity index (χ0) is 19.6. The lowest BCUT2D eigenvalue weighted by molar-refractivity contribution is -0.116. The Balaban J connectivity index is 2.18. The van der Waals surface area contributed by atoms with Gasteiger partial charge in [0.25, 0.3) is 0 Å². The van der Waals surface area contributed by atoms with Crippen LogP contribution in [0.4, 0.5) is 5.69 Å². The molecule has 7 heteroatoms. The molecule has 0 spiro atoms. The fourth-order valence-electron chi connectivity index (χ4n) is 3.41. The van der Waals surface area contributed by atoms with Gasteiger partial charge in [-0.05, 0) is 24.6 Å². The van der Waals surface area contributed by atoms with Crippen molar-refractivity contribution in [2.45, 2.75) is 19.3 Å². The highest BCUT2D eigenvalue weighted by Gasteiger charge is 2.33. The summed E-state index contributed by atoms with van der Waals surface area (Å²) in [6, 6.07) is 7.31. The van der Waals surface area contributed by atoms with E-state index in [1.54, 1.807) is 20.3 Å². The summed E-state index contributed by atoms with van der Waals surface area (Å²) in [7, 11) is 4.66. The van der Waals surface area contributed by atoms with Crippen molar-refractivity contribution >= 4 is 23.2 Å². The molecule has 1 atom stereocenters. The van der Waals surface area contributed by atoms with Gasteiger partial charge in [-0.1, -0.05) is 17.7 Å². The van der Waals surface area contributed by atoms with Gasteiger partial charge >= 0.3 is 0 Å². The molecule has 1 heterocycles. The smallest absolute Gasteiger partial charge is 0.225 e. The summed E-state index contributed by atoms with van der Waals surface area (Å²) in [5, 5.41) is 3.40. The monoisotopic (exact) mass is 391 g/mol. The largest absolute Gasteiger partial charge is 0.493 e. The van der Waals surface area contributed by atoms with Crippen molar-refractivity contribution in [2.24, 2.45) is 0 Å². The van der Waals surface area contributed by atoms with Crippen LogP contribution < -0.4 is 24.3 Å². The first kappa shape index (κ1) is 19.2. The molecule has 0 unspecified atom stereocenters. The number of carbonyl (C=O) groups is 1. The number of halogens is 1. The number of ether oxygens (including phenoxy) is 4. The Morgan fingerprint density at radius 2 is 1.81 bits per heavy atom. The molecular formula is C20H22ClNO5. The van der Waals surface area contributed by atoms with Gasteiger partial charge in [0.2, 0.25) is 11.7 Å². The minimum atomic E-state index is -0.239. The van der Waals surface area contributed by atoms with E-state index in [2.05, 4.69) is 5.32 Å². The summed E-state index contributed by atoms with van der Waals surface area (Å²) in [5.41, 5.74) is 2.36. The molecule has 6 nitrogen and oxygen atoms in total. The van der Waals surface area contributed by atoms with Crippen LogP contribution in [-0.2, 0) is 4.79 Å². The van der Waals surface area contributed by atoms with Crippen molar-refractivity contribution in [3.05, 3.63) is 40.4 Å². The van der Waals surface area contributed by atoms with Gasteiger partial charge in [-0.15, -0.1) is 0 Å². The van der Waals surface area contributed by atoms with Gasteiger partial charge in [0.05, 0.1) is 38.6 Å². The van der Waals surface area contributed by atoms with Gasteiger partial charge < -0.3 is 24.3 Å². The van der Waals surface area contributed by atoms with Crippen LogP contribution in [0, 0.1) is 0 Å². The maximum absolute atomic E-state index is 12.3. The Bertz CT molecular complexity index is 868. The lowest BCUT2D eigenvalue weighted by atomic mass is 9.83. The zero-order valence-electron chi connectivity index (χ0n) is 15.7. The molecule has 0 bridgehead atoms. The Hall–Kier alpha value is -2.60. The average molecular weight is 392 g/mol. The van der Waals surface area contributed by atoms with Crippen LogP contribution in [0.5, 0.6) is 23.0 Å². The number of carbonyl (C=O) groups excluding carboxylic acids is 1. The van der Waals surface area contributed by atoms with E-state index in [-0.39, 0.29) is 18.2 Å². The molecule has 1 aliphatic heterocycles. The molecule has 0 saturated heterocycles. The Morgan fingerprint density at radius 1 is 1.07 bits per heavy atom. The minimum Gasteiger partial charge on any atom is -0.493 e. The molecule has 144 valence electrons. The zero-order valence-corrected chi connectivity index (χ0v) is 16.5. The van der Waals surface area contributed by atoms with Crippen LogP contribution in [0.2, 0.25) is 5.02 Å². The number of benzene rings is 2. The van der Waals surface area contributed by atoms with Crippen LogP contribution in [0.3, 0.4) is 0 Å². The lowest BCUT2D eigenvalue weighted by Gasteiger charge is -2.29. The van der Waals surface area contributed by atoms with E-state index < -0.39 is 0 Å².